The molecule has 3 aromatic rings. The van der Waals surface area contributed by atoms with E-state index < -0.39 is 11.7 Å². The van der Waals surface area contributed by atoms with Gasteiger partial charge in [0.2, 0.25) is 0 Å². The molecule has 1 heterocycles. The molecule has 0 bridgehead atoms. The second kappa shape index (κ2) is 6.39. The van der Waals surface area contributed by atoms with E-state index in [1.165, 1.54) is 18.2 Å². The van der Waals surface area contributed by atoms with Crippen molar-refractivity contribution in [1.82, 2.24) is 10.1 Å². The lowest BCUT2D eigenvalue weighted by Gasteiger charge is -2.09. The molecule has 1 amide bonds. The monoisotopic (exact) mass is 311 g/mol. The van der Waals surface area contributed by atoms with Gasteiger partial charge in [0, 0.05) is 6.42 Å². The van der Waals surface area contributed by atoms with Gasteiger partial charge in [0.05, 0.1) is 16.8 Å². The number of nitrogens with one attached hydrogen (secondary N) is 1. The SMILES string of the molecule is CCc1noc(-c2ccccc2NC(=O)c2ccccc2F)n1. The number of amides is 1. The molecular weight excluding hydrogens is 297 g/mol. The molecule has 116 valence electrons. The lowest BCUT2D eigenvalue weighted by molar-refractivity contribution is 0.102. The Kier molecular flexibility index (Phi) is 4.14. The molecule has 0 radical (unpaired) electrons. The minimum atomic E-state index is -0.575. The molecule has 0 spiro atoms. The Balaban J connectivity index is 1.92. The molecule has 1 N–H and O–H groups in total. The number of benzene rings is 2. The lowest BCUT2D eigenvalue weighted by atomic mass is 10.1. The summed E-state index contributed by atoms with van der Waals surface area (Å²) in [5.41, 5.74) is 1.04. The third-order valence-corrected chi connectivity index (χ3v) is 3.31. The normalized spacial score (nSPS) is 10.5. The molecule has 5 nitrogen and oxygen atoms in total. The predicted octanol–water partition coefficient (Wildman–Crippen LogP) is 3.69. The second-order valence-electron chi connectivity index (χ2n) is 4.85. The zero-order chi connectivity index (χ0) is 16.2. The highest BCUT2D eigenvalue weighted by Crippen LogP contribution is 2.27. The summed E-state index contributed by atoms with van der Waals surface area (Å²) in [4.78, 5) is 16.5. The molecule has 0 saturated heterocycles. The van der Waals surface area contributed by atoms with E-state index in [9.17, 15) is 9.18 Å². The number of nitrogens with zero attached hydrogens (tertiary/aromatic N) is 2. The van der Waals surface area contributed by atoms with Crippen LogP contribution in [-0.2, 0) is 6.42 Å². The van der Waals surface area contributed by atoms with E-state index >= 15 is 0 Å². The van der Waals surface area contributed by atoms with Crippen LogP contribution < -0.4 is 5.32 Å². The summed E-state index contributed by atoms with van der Waals surface area (Å²) >= 11 is 0. The number of rotatable bonds is 4. The Bertz CT molecular complexity index is 845. The number of anilines is 1. The van der Waals surface area contributed by atoms with Gasteiger partial charge in [0.15, 0.2) is 5.82 Å². The molecule has 3 rings (SSSR count). The average molecular weight is 311 g/mol. The van der Waals surface area contributed by atoms with Crippen molar-refractivity contribution in [2.45, 2.75) is 13.3 Å². The number of para-hydroxylation sites is 1. The van der Waals surface area contributed by atoms with Gasteiger partial charge in [0.25, 0.3) is 11.8 Å². The van der Waals surface area contributed by atoms with Gasteiger partial charge in [-0.15, -0.1) is 0 Å². The fourth-order valence-electron chi connectivity index (χ4n) is 2.12. The molecule has 1 aromatic heterocycles. The van der Waals surface area contributed by atoms with Crippen LogP contribution in [0.2, 0.25) is 0 Å². The third-order valence-electron chi connectivity index (χ3n) is 3.31. The zero-order valence-electron chi connectivity index (χ0n) is 12.4. The van der Waals surface area contributed by atoms with Crippen LogP contribution in [0.15, 0.2) is 53.1 Å². The van der Waals surface area contributed by atoms with Gasteiger partial charge < -0.3 is 9.84 Å². The van der Waals surface area contributed by atoms with E-state index in [0.717, 1.165) is 0 Å². The Morgan fingerprint density at radius 3 is 2.65 bits per heavy atom. The van der Waals surface area contributed by atoms with Crippen molar-refractivity contribution in [1.29, 1.82) is 0 Å². The minimum Gasteiger partial charge on any atom is -0.334 e. The number of carbonyl (C=O) groups is 1. The number of halogens is 1. The fraction of sp³-hybridized carbons (Fsp3) is 0.118. The summed E-state index contributed by atoms with van der Waals surface area (Å²) < 4.78 is 18.9. The maximum absolute atomic E-state index is 13.7. The maximum Gasteiger partial charge on any atom is 0.260 e. The smallest absolute Gasteiger partial charge is 0.260 e. The van der Waals surface area contributed by atoms with E-state index in [0.29, 0.717) is 29.4 Å². The molecule has 0 aliphatic carbocycles. The molecule has 2 aromatic carbocycles. The maximum atomic E-state index is 13.7. The topological polar surface area (TPSA) is 68.0 Å². The highest BCUT2D eigenvalue weighted by Gasteiger charge is 2.16. The zero-order valence-corrected chi connectivity index (χ0v) is 12.4. The lowest BCUT2D eigenvalue weighted by Crippen LogP contribution is -2.14. The van der Waals surface area contributed by atoms with Crippen molar-refractivity contribution in [3.63, 3.8) is 0 Å². The van der Waals surface area contributed by atoms with Crippen LogP contribution in [0.5, 0.6) is 0 Å². The molecule has 0 aliphatic rings. The summed E-state index contributed by atoms with van der Waals surface area (Å²) in [6, 6.07) is 12.8. The standard InChI is InChI=1S/C17H14FN3O2/c1-2-15-20-17(23-21-15)12-8-4-6-10-14(12)19-16(22)11-7-3-5-9-13(11)18/h3-10H,2H2,1H3,(H,19,22). The largest absolute Gasteiger partial charge is 0.334 e. The van der Waals surface area contributed by atoms with Crippen molar-refractivity contribution in [3.05, 3.63) is 65.7 Å². The van der Waals surface area contributed by atoms with Gasteiger partial charge in [-0.3, -0.25) is 4.79 Å². The van der Waals surface area contributed by atoms with Crippen LogP contribution in [0, 0.1) is 5.82 Å². The first kappa shape index (κ1) is 14.9. The Morgan fingerprint density at radius 2 is 1.91 bits per heavy atom. The van der Waals surface area contributed by atoms with Crippen LogP contribution in [0.3, 0.4) is 0 Å². The Labute approximate surface area is 132 Å². The number of aromatic nitrogens is 2. The number of carbonyl (C=O) groups excluding carboxylic acids is 1. The number of hydrogen-bond donors (Lipinski definition) is 1. The third kappa shape index (κ3) is 3.11. The first-order valence-corrected chi connectivity index (χ1v) is 7.17. The molecule has 6 heteroatoms. The van der Waals surface area contributed by atoms with E-state index in [2.05, 4.69) is 15.5 Å². The highest BCUT2D eigenvalue weighted by atomic mass is 19.1. The van der Waals surface area contributed by atoms with E-state index in [4.69, 9.17) is 4.52 Å². The summed E-state index contributed by atoms with van der Waals surface area (Å²) in [6.45, 7) is 1.92. The number of hydrogen-bond acceptors (Lipinski definition) is 4. The molecule has 0 fully saturated rings. The first-order chi connectivity index (χ1) is 11.2. The van der Waals surface area contributed by atoms with Crippen LogP contribution >= 0.6 is 0 Å². The van der Waals surface area contributed by atoms with E-state index in [1.54, 1.807) is 30.3 Å². The van der Waals surface area contributed by atoms with Gasteiger partial charge in [-0.2, -0.15) is 4.98 Å². The van der Waals surface area contributed by atoms with Crippen molar-refractivity contribution in [2.24, 2.45) is 0 Å². The minimum absolute atomic E-state index is 0.0259. The van der Waals surface area contributed by atoms with Gasteiger partial charge >= 0.3 is 0 Å². The highest BCUT2D eigenvalue weighted by molar-refractivity contribution is 6.06. The number of aryl methyl sites for hydroxylation is 1. The molecule has 0 saturated carbocycles. The quantitative estimate of drug-likeness (QED) is 0.798. The van der Waals surface area contributed by atoms with Gasteiger partial charge in [-0.25, -0.2) is 4.39 Å². The van der Waals surface area contributed by atoms with Gasteiger partial charge in [0.1, 0.15) is 5.82 Å². The molecule has 23 heavy (non-hydrogen) atoms. The van der Waals surface area contributed by atoms with Crippen molar-refractivity contribution in [2.75, 3.05) is 5.32 Å². The van der Waals surface area contributed by atoms with Crippen molar-refractivity contribution < 1.29 is 13.7 Å². The Hall–Kier alpha value is -3.02. The summed E-state index contributed by atoms with van der Waals surface area (Å²) in [5.74, 6) is -0.221. The average Bonchev–Trinajstić information content (AvgIpc) is 3.04. The van der Waals surface area contributed by atoms with Gasteiger partial charge in [-0.1, -0.05) is 36.3 Å². The molecule has 0 aliphatic heterocycles. The van der Waals surface area contributed by atoms with Crippen LogP contribution in [-0.4, -0.2) is 16.0 Å². The van der Waals surface area contributed by atoms with Crippen LogP contribution in [0.4, 0.5) is 10.1 Å². The van der Waals surface area contributed by atoms with E-state index in [1.807, 2.05) is 6.92 Å². The van der Waals surface area contributed by atoms with Gasteiger partial charge in [-0.05, 0) is 24.3 Å². The van der Waals surface area contributed by atoms with E-state index in [-0.39, 0.29) is 5.56 Å². The van der Waals surface area contributed by atoms with Crippen LogP contribution in [0.1, 0.15) is 23.1 Å². The summed E-state index contributed by atoms with van der Waals surface area (Å²) in [7, 11) is 0. The molecule has 0 unspecified atom stereocenters. The summed E-state index contributed by atoms with van der Waals surface area (Å²) in [6.07, 6.45) is 0.646. The second-order valence-corrected chi connectivity index (χ2v) is 4.85. The fourth-order valence-corrected chi connectivity index (χ4v) is 2.12. The molecular formula is C17H14FN3O2. The Morgan fingerprint density at radius 1 is 1.17 bits per heavy atom. The van der Waals surface area contributed by atoms with Crippen LogP contribution in [0.25, 0.3) is 11.5 Å². The molecule has 0 atom stereocenters. The predicted molar refractivity (Wildman–Crippen MR) is 83.5 cm³/mol. The first-order valence-electron chi connectivity index (χ1n) is 7.17. The summed E-state index contributed by atoms with van der Waals surface area (Å²) in [5, 5.41) is 6.53. The van der Waals surface area contributed by atoms with Crippen molar-refractivity contribution >= 4 is 11.6 Å². The van der Waals surface area contributed by atoms with Crippen molar-refractivity contribution in [3.8, 4) is 11.5 Å².